The molecule has 5 aromatic rings. The molecule has 0 bridgehead atoms. The average molecular weight is 405 g/mol. The Labute approximate surface area is 179 Å². The van der Waals surface area contributed by atoms with E-state index in [0.29, 0.717) is 5.69 Å². The van der Waals surface area contributed by atoms with Crippen molar-refractivity contribution in [1.29, 1.82) is 0 Å². The molecule has 6 heteroatoms. The molecule has 3 aromatic carbocycles. The van der Waals surface area contributed by atoms with Crippen molar-refractivity contribution in [3.8, 4) is 22.5 Å². The van der Waals surface area contributed by atoms with Crippen molar-refractivity contribution in [2.75, 3.05) is 5.32 Å². The van der Waals surface area contributed by atoms with Crippen LogP contribution in [0.3, 0.4) is 0 Å². The van der Waals surface area contributed by atoms with Gasteiger partial charge in [0.05, 0.1) is 22.9 Å². The summed E-state index contributed by atoms with van der Waals surface area (Å²) < 4.78 is 0. The molecule has 0 aliphatic rings. The van der Waals surface area contributed by atoms with Crippen molar-refractivity contribution in [3.05, 3.63) is 96.6 Å². The van der Waals surface area contributed by atoms with Crippen LogP contribution in [0.1, 0.15) is 16.2 Å². The van der Waals surface area contributed by atoms with Crippen LogP contribution in [0, 0.1) is 6.92 Å². The van der Waals surface area contributed by atoms with Crippen LogP contribution >= 0.6 is 0 Å². The van der Waals surface area contributed by atoms with Crippen molar-refractivity contribution in [2.24, 2.45) is 0 Å². The molecule has 150 valence electrons. The van der Waals surface area contributed by atoms with E-state index in [1.807, 2.05) is 67.6 Å². The number of carbonyl (C=O) groups excluding carboxylic acids is 1. The molecule has 0 atom stereocenters. The molecule has 2 heterocycles. The Morgan fingerprint density at radius 3 is 2.42 bits per heavy atom. The van der Waals surface area contributed by atoms with Crippen LogP contribution < -0.4 is 5.32 Å². The Morgan fingerprint density at radius 1 is 0.839 bits per heavy atom. The van der Waals surface area contributed by atoms with E-state index in [1.165, 1.54) is 6.20 Å². The fourth-order valence-corrected chi connectivity index (χ4v) is 3.39. The van der Waals surface area contributed by atoms with Gasteiger partial charge in [0.15, 0.2) is 0 Å². The molecule has 5 rings (SSSR count). The number of nitrogens with one attached hydrogen (secondary N) is 2. The summed E-state index contributed by atoms with van der Waals surface area (Å²) in [6, 6.07) is 23.9. The molecule has 0 aliphatic heterocycles. The van der Waals surface area contributed by atoms with Gasteiger partial charge in [0.25, 0.3) is 5.91 Å². The molecular formula is C25H19N5O. The number of amides is 1. The van der Waals surface area contributed by atoms with E-state index in [4.69, 9.17) is 0 Å². The highest BCUT2D eigenvalue weighted by Crippen LogP contribution is 2.27. The van der Waals surface area contributed by atoms with E-state index in [2.05, 4.69) is 37.4 Å². The molecule has 6 nitrogen and oxygen atoms in total. The Morgan fingerprint density at radius 2 is 1.65 bits per heavy atom. The first-order valence-corrected chi connectivity index (χ1v) is 9.91. The minimum absolute atomic E-state index is 0.285. The molecule has 0 saturated carbocycles. The first-order valence-electron chi connectivity index (χ1n) is 9.91. The summed E-state index contributed by atoms with van der Waals surface area (Å²) in [4.78, 5) is 28.6. The van der Waals surface area contributed by atoms with Gasteiger partial charge in [0, 0.05) is 17.4 Å². The standard InChI is InChI=1S/C25H19N5O/c1-16-14-27-23(15-26-16)25(31)28-20-11-9-17(10-12-20)18-5-4-6-19(13-18)24-29-21-7-2-3-8-22(21)30-24/h2-15H,1H3,(H,28,31)(H,29,30). The van der Waals surface area contributed by atoms with Gasteiger partial charge in [0.2, 0.25) is 0 Å². The average Bonchev–Trinajstić information content (AvgIpc) is 3.25. The number of aryl methyl sites for hydroxylation is 1. The zero-order chi connectivity index (χ0) is 21.2. The van der Waals surface area contributed by atoms with Crippen LogP contribution in [-0.4, -0.2) is 25.8 Å². The van der Waals surface area contributed by atoms with E-state index in [-0.39, 0.29) is 11.6 Å². The maximum atomic E-state index is 12.3. The molecule has 2 N–H and O–H groups in total. The van der Waals surface area contributed by atoms with E-state index in [0.717, 1.165) is 39.2 Å². The van der Waals surface area contributed by atoms with Crippen LogP contribution in [0.4, 0.5) is 5.69 Å². The van der Waals surface area contributed by atoms with Gasteiger partial charge >= 0.3 is 0 Å². The largest absolute Gasteiger partial charge is 0.338 e. The van der Waals surface area contributed by atoms with Gasteiger partial charge in [-0.25, -0.2) is 9.97 Å². The van der Waals surface area contributed by atoms with Crippen LogP contribution in [0.15, 0.2) is 85.2 Å². The number of hydrogen-bond acceptors (Lipinski definition) is 4. The number of H-pyrrole nitrogens is 1. The van der Waals surface area contributed by atoms with Gasteiger partial charge < -0.3 is 10.3 Å². The second-order valence-corrected chi connectivity index (χ2v) is 7.26. The predicted octanol–water partition coefficient (Wildman–Crippen LogP) is 5.25. The highest BCUT2D eigenvalue weighted by molar-refractivity contribution is 6.02. The Balaban J connectivity index is 1.36. The second kappa shape index (κ2) is 7.84. The van der Waals surface area contributed by atoms with E-state index >= 15 is 0 Å². The van der Waals surface area contributed by atoms with Crippen molar-refractivity contribution in [3.63, 3.8) is 0 Å². The summed E-state index contributed by atoms with van der Waals surface area (Å²) in [7, 11) is 0. The number of hydrogen-bond donors (Lipinski definition) is 2. The lowest BCUT2D eigenvalue weighted by Gasteiger charge is -2.07. The number of fused-ring (bicyclic) bond motifs is 1. The van der Waals surface area contributed by atoms with Gasteiger partial charge in [-0.05, 0) is 48.4 Å². The third-order valence-electron chi connectivity index (χ3n) is 5.02. The monoisotopic (exact) mass is 405 g/mol. The zero-order valence-electron chi connectivity index (χ0n) is 16.8. The number of rotatable bonds is 4. The molecule has 31 heavy (non-hydrogen) atoms. The minimum Gasteiger partial charge on any atom is -0.338 e. The van der Waals surface area contributed by atoms with Gasteiger partial charge in [-0.2, -0.15) is 0 Å². The minimum atomic E-state index is -0.285. The fraction of sp³-hybridized carbons (Fsp3) is 0.0400. The summed E-state index contributed by atoms with van der Waals surface area (Å²) in [5, 5.41) is 2.85. The van der Waals surface area contributed by atoms with Crippen LogP contribution in [0.25, 0.3) is 33.5 Å². The SMILES string of the molecule is Cc1cnc(C(=O)Nc2ccc(-c3cccc(-c4nc5ccccc5[nH]4)c3)cc2)cn1. The molecular weight excluding hydrogens is 386 g/mol. The van der Waals surface area contributed by atoms with Gasteiger partial charge in [-0.3, -0.25) is 9.78 Å². The van der Waals surface area contributed by atoms with Crippen molar-refractivity contribution in [2.45, 2.75) is 6.92 Å². The van der Waals surface area contributed by atoms with E-state index in [9.17, 15) is 4.79 Å². The summed E-state index contributed by atoms with van der Waals surface area (Å²) >= 11 is 0. The van der Waals surface area contributed by atoms with Crippen LogP contribution in [0.5, 0.6) is 0 Å². The van der Waals surface area contributed by atoms with Gasteiger partial charge in [-0.1, -0.05) is 42.5 Å². The number of aromatic amines is 1. The first kappa shape index (κ1) is 18.7. The number of imidazole rings is 1. The quantitative estimate of drug-likeness (QED) is 0.428. The summed E-state index contributed by atoms with van der Waals surface area (Å²) in [5.74, 6) is 0.554. The zero-order valence-corrected chi connectivity index (χ0v) is 16.8. The molecule has 2 aromatic heterocycles. The Bertz CT molecular complexity index is 1340. The highest BCUT2D eigenvalue weighted by Gasteiger charge is 2.09. The topological polar surface area (TPSA) is 83.6 Å². The van der Waals surface area contributed by atoms with Crippen LogP contribution in [0.2, 0.25) is 0 Å². The smallest absolute Gasteiger partial charge is 0.275 e. The molecule has 0 saturated heterocycles. The number of aromatic nitrogens is 4. The number of benzene rings is 3. The number of anilines is 1. The van der Waals surface area contributed by atoms with Crippen molar-refractivity contribution >= 4 is 22.6 Å². The summed E-state index contributed by atoms with van der Waals surface area (Å²) in [6.07, 6.45) is 3.05. The van der Waals surface area contributed by atoms with Crippen LogP contribution in [-0.2, 0) is 0 Å². The Kier molecular flexibility index (Phi) is 4.72. The van der Waals surface area contributed by atoms with Crippen molar-refractivity contribution < 1.29 is 4.79 Å². The fourth-order valence-electron chi connectivity index (χ4n) is 3.39. The molecule has 0 spiro atoms. The summed E-state index contributed by atoms with van der Waals surface area (Å²) in [6.45, 7) is 1.83. The molecule has 0 aliphatic carbocycles. The van der Waals surface area contributed by atoms with Gasteiger partial charge in [-0.15, -0.1) is 0 Å². The van der Waals surface area contributed by atoms with E-state index in [1.54, 1.807) is 6.20 Å². The lowest BCUT2D eigenvalue weighted by atomic mass is 10.0. The third-order valence-corrected chi connectivity index (χ3v) is 5.02. The lowest BCUT2D eigenvalue weighted by molar-refractivity contribution is 0.102. The molecule has 0 fully saturated rings. The predicted molar refractivity (Wildman–Crippen MR) is 122 cm³/mol. The molecule has 1 amide bonds. The molecule has 0 unspecified atom stereocenters. The molecule has 0 radical (unpaired) electrons. The maximum absolute atomic E-state index is 12.3. The normalized spacial score (nSPS) is 10.9. The lowest BCUT2D eigenvalue weighted by Crippen LogP contribution is -2.14. The number of carbonyl (C=O) groups is 1. The number of para-hydroxylation sites is 2. The number of nitrogens with zero attached hydrogens (tertiary/aromatic N) is 3. The van der Waals surface area contributed by atoms with Crippen molar-refractivity contribution in [1.82, 2.24) is 19.9 Å². The highest BCUT2D eigenvalue weighted by atomic mass is 16.1. The van der Waals surface area contributed by atoms with Gasteiger partial charge in [0.1, 0.15) is 11.5 Å². The second-order valence-electron chi connectivity index (χ2n) is 7.26. The third kappa shape index (κ3) is 3.91. The Hall–Kier alpha value is -4.32. The van der Waals surface area contributed by atoms with E-state index < -0.39 is 0 Å². The summed E-state index contributed by atoms with van der Waals surface area (Å²) in [5.41, 5.74) is 6.85. The maximum Gasteiger partial charge on any atom is 0.275 e. The first-order chi connectivity index (χ1) is 15.2.